The van der Waals surface area contributed by atoms with Crippen LogP contribution in [0.25, 0.3) is 0 Å². The third-order valence-corrected chi connectivity index (χ3v) is 2.77. The van der Waals surface area contributed by atoms with Crippen molar-refractivity contribution in [2.24, 2.45) is 0 Å². The minimum absolute atomic E-state index is 0.156. The molecule has 2 aromatic rings. The predicted octanol–water partition coefficient (Wildman–Crippen LogP) is 2.47. The predicted molar refractivity (Wildman–Crippen MR) is 77.3 cm³/mol. The van der Waals surface area contributed by atoms with Crippen molar-refractivity contribution in [1.29, 1.82) is 0 Å². The topological polar surface area (TPSA) is 45.2 Å². The van der Waals surface area contributed by atoms with Crippen LogP contribution in [0, 0.1) is 5.82 Å². The first-order valence-electron chi connectivity index (χ1n) is 6.22. The molecule has 0 atom stereocenters. The quantitative estimate of drug-likeness (QED) is 0.930. The summed E-state index contributed by atoms with van der Waals surface area (Å²) in [5, 5.41) is 2.76. The van der Waals surface area contributed by atoms with Gasteiger partial charge < -0.3 is 10.2 Å². The van der Waals surface area contributed by atoms with Gasteiger partial charge in [-0.2, -0.15) is 0 Å². The van der Waals surface area contributed by atoms with E-state index in [-0.39, 0.29) is 18.1 Å². The molecule has 104 valence electrons. The van der Waals surface area contributed by atoms with Crippen molar-refractivity contribution in [1.82, 2.24) is 4.98 Å². The first-order valence-corrected chi connectivity index (χ1v) is 6.22. The molecule has 0 spiro atoms. The Bertz CT molecular complexity index is 579. The summed E-state index contributed by atoms with van der Waals surface area (Å²) in [6.07, 6.45) is 1.81. The van der Waals surface area contributed by atoms with Crippen LogP contribution >= 0.6 is 0 Å². The van der Waals surface area contributed by atoms with Gasteiger partial charge in [0.25, 0.3) is 0 Å². The van der Waals surface area contributed by atoms with E-state index in [4.69, 9.17) is 0 Å². The summed E-state index contributed by atoms with van der Waals surface area (Å²) in [4.78, 5) is 17.9. The van der Waals surface area contributed by atoms with Gasteiger partial charge >= 0.3 is 0 Å². The summed E-state index contributed by atoms with van der Waals surface area (Å²) in [6.45, 7) is 0. The number of nitrogens with zero attached hydrogens (tertiary/aromatic N) is 2. The van der Waals surface area contributed by atoms with E-state index in [1.807, 2.05) is 25.1 Å². The molecule has 0 unspecified atom stereocenters. The Morgan fingerprint density at radius 3 is 2.45 bits per heavy atom. The van der Waals surface area contributed by atoms with Crippen molar-refractivity contribution in [2.45, 2.75) is 6.42 Å². The molecule has 1 heterocycles. The smallest absolute Gasteiger partial charge is 0.228 e. The van der Waals surface area contributed by atoms with E-state index >= 15 is 0 Å². The van der Waals surface area contributed by atoms with E-state index in [9.17, 15) is 9.18 Å². The Morgan fingerprint density at radius 2 is 1.90 bits per heavy atom. The van der Waals surface area contributed by atoms with Gasteiger partial charge in [-0.15, -0.1) is 0 Å². The number of hydrogen-bond donors (Lipinski definition) is 1. The standard InChI is InChI=1S/C15H16FN3O/c1-19(2)14-8-7-13(10-17-14)18-15(20)9-11-3-5-12(16)6-4-11/h3-8,10H,9H2,1-2H3,(H,18,20). The maximum absolute atomic E-state index is 12.8. The van der Waals surface area contributed by atoms with Crippen LogP contribution < -0.4 is 10.2 Å². The van der Waals surface area contributed by atoms with Crippen molar-refractivity contribution in [2.75, 3.05) is 24.3 Å². The Labute approximate surface area is 117 Å². The zero-order valence-corrected chi connectivity index (χ0v) is 11.4. The van der Waals surface area contributed by atoms with E-state index in [0.29, 0.717) is 5.69 Å². The highest BCUT2D eigenvalue weighted by Gasteiger charge is 2.05. The SMILES string of the molecule is CN(C)c1ccc(NC(=O)Cc2ccc(F)cc2)cn1. The molecule has 0 aliphatic rings. The van der Waals surface area contributed by atoms with Gasteiger partial charge in [0, 0.05) is 14.1 Å². The van der Waals surface area contributed by atoms with Gasteiger partial charge in [0.05, 0.1) is 18.3 Å². The molecule has 5 heteroatoms. The van der Waals surface area contributed by atoms with Crippen molar-refractivity contribution in [3.8, 4) is 0 Å². The number of rotatable bonds is 4. The lowest BCUT2D eigenvalue weighted by atomic mass is 10.1. The van der Waals surface area contributed by atoms with Crippen LogP contribution in [0.3, 0.4) is 0 Å². The van der Waals surface area contributed by atoms with Gasteiger partial charge in [0.1, 0.15) is 11.6 Å². The molecule has 0 aliphatic carbocycles. The molecule has 0 aliphatic heterocycles. The average molecular weight is 273 g/mol. The Hall–Kier alpha value is -2.43. The molecule has 0 fully saturated rings. The molecule has 20 heavy (non-hydrogen) atoms. The third kappa shape index (κ3) is 3.78. The van der Waals surface area contributed by atoms with Gasteiger partial charge in [-0.1, -0.05) is 12.1 Å². The van der Waals surface area contributed by atoms with Crippen LogP contribution in [0.15, 0.2) is 42.6 Å². The van der Waals surface area contributed by atoms with Gasteiger partial charge in [-0.05, 0) is 29.8 Å². The number of aromatic nitrogens is 1. The number of benzene rings is 1. The number of pyridine rings is 1. The van der Waals surface area contributed by atoms with Gasteiger partial charge in [0.15, 0.2) is 0 Å². The summed E-state index contributed by atoms with van der Waals surface area (Å²) in [5.41, 5.74) is 1.41. The fourth-order valence-corrected chi connectivity index (χ4v) is 1.72. The molecule has 1 aromatic heterocycles. The molecule has 1 amide bonds. The zero-order chi connectivity index (χ0) is 14.5. The number of halogens is 1. The molecule has 1 aromatic carbocycles. The number of anilines is 2. The fraction of sp³-hybridized carbons (Fsp3) is 0.200. The van der Waals surface area contributed by atoms with E-state index in [1.54, 1.807) is 24.4 Å². The van der Waals surface area contributed by atoms with Crippen molar-refractivity contribution in [3.63, 3.8) is 0 Å². The second kappa shape index (κ2) is 6.14. The number of carbonyl (C=O) groups is 1. The van der Waals surface area contributed by atoms with Crippen LogP contribution in [0.5, 0.6) is 0 Å². The third-order valence-electron chi connectivity index (χ3n) is 2.77. The molecular weight excluding hydrogens is 257 g/mol. The van der Waals surface area contributed by atoms with Gasteiger partial charge in [0.2, 0.25) is 5.91 Å². The first kappa shape index (κ1) is 14.0. The summed E-state index contributed by atoms with van der Waals surface area (Å²) < 4.78 is 12.8. The largest absolute Gasteiger partial charge is 0.363 e. The van der Waals surface area contributed by atoms with E-state index in [0.717, 1.165) is 11.4 Å². The van der Waals surface area contributed by atoms with E-state index in [1.165, 1.54) is 12.1 Å². The second-order valence-corrected chi connectivity index (χ2v) is 4.65. The van der Waals surface area contributed by atoms with Crippen LogP contribution in [-0.2, 0) is 11.2 Å². The number of nitrogens with one attached hydrogen (secondary N) is 1. The van der Waals surface area contributed by atoms with Crippen molar-refractivity contribution in [3.05, 3.63) is 54.0 Å². The van der Waals surface area contributed by atoms with Gasteiger partial charge in [-0.25, -0.2) is 9.37 Å². The molecule has 0 radical (unpaired) electrons. The Kier molecular flexibility index (Phi) is 4.30. The maximum atomic E-state index is 12.8. The van der Waals surface area contributed by atoms with E-state index in [2.05, 4.69) is 10.3 Å². The molecule has 1 N–H and O–H groups in total. The summed E-state index contributed by atoms with van der Waals surface area (Å²) in [5.74, 6) is 0.357. The first-order chi connectivity index (χ1) is 9.54. The fourth-order valence-electron chi connectivity index (χ4n) is 1.72. The number of carbonyl (C=O) groups excluding carboxylic acids is 1. The Balaban J connectivity index is 1.95. The highest BCUT2D eigenvalue weighted by atomic mass is 19.1. The lowest BCUT2D eigenvalue weighted by molar-refractivity contribution is -0.115. The molecule has 0 saturated heterocycles. The maximum Gasteiger partial charge on any atom is 0.228 e. The summed E-state index contributed by atoms with van der Waals surface area (Å²) in [7, 11) is 3.80. The van der Waals surface area contributed by atoms with Crippen molar-refractivity contribution >= 4 is 17.4 Å². The molecule has 0 bridgehead atoms. The molecule has 2 rings (SSSR count). The minimum Gasteiger partial charge on any atom is -0.363 e. The summed E-state index contributed by atoms with van der Waals surface area (Å²) in [6, 6.07) is 9.51. The molecule has 0 saturated carbocycles. The van der Waals surface area contributed by atoms with Crippen LogP contribution in [-0.4, -0.2) is 25.0 Å². The van der Waals surface area contributed by atoms with Gasteiger partial charge in [-0.3, -0.25) is 4.79 Å². The van der Waals surface area contributed by atoms with E-state index < -0.39 is 0 Å². The minimum atomic E-state index is -0.308. The normalized spacial score (nSPS) is 10.2. The highest BCUT2D eigenvalue weighted by Crippen LogP contribution is 2.12. The van der Waals surface area contributed by atoms with Crippen molar-refractivity contribution < 1.29 is 9.18 Å². The number of amides is 1. The average Bonchev–Trinajstić information content (AvgIpc) is 2.42. The number of hydrogen-bond acceptors (Lipinski definition) is 3. The molecule has 4 nitrogen and oxygen atoms in total. The van der Waals surface area contributed by atoms with Crippen LogP contribution in [0.2, 0.25) is 0 Å². The van der Waals surface area contributed by atoms with Crippen LogP contribution in [0.1, 0.15) is 5.56 Å². The lowest BCUT2D eigenvalue weighted by Crippen LogP contribution is -2.15. The molecular formula is C15H16FN3O. The lowest BCUT2D eigenvalue weighted by Gasteiger charge is -2.11. The highest BCUT2D eigenvalue weighted by molar-refractivity contribution is 5.92. The summed E-state index contributed by atoms with van der Waals surface area (Å²) >= 11 is 0. The monoisotopic (exact) mass is 273 g/mol. The second-order valence-electron chi connectivity index (χ2n) is 4.65. The van der Waals surface area contributed by atoms with Crippen LogP contribution in [0.4, 0.5) is 15.9 Å². The zero-order valence-electron chi connectivity index (χ0n) is 11.4. The Morgan fingerprint density at radius 1 is 1.20 bits per heavy atom.